The molecular formula is C18H21FN4O3. The van der Waals surface area contributed by atoms with E-state index >= 15 is 0 Å². The minimum absolute atomic E-state index is 0.120. The summed E-state index contributed by atoms with van der Waals surface area (Å²) in [7, 11) is 1.62. The smallest absolute Gasteiger partial charge is 0.317 e. The molecule has 0 bridgehead atoms. The van der Waals surface area contributed by atoms with Gasteiger partial charge in [-0.05, 0) is 49.9 Å². The number of nitrogens with one attached hydrogen (secondary N) is 2. The van der Waals surface area contributed by atoms with Gasteiger partial charge in [0.1, 0.15) is 11.9 Å². The van der Waals surface area contributed by atoms with Crippen molar-refractivity contribution in [3.63, 3.8) is 0 Å². The third-order valence-corrected chi connectivity index (χ3v) is 5.51. The molecule has 8 heteroatoms. The van der Waals surface area contributed by atoms with Crippen molar-refractivity contribution in [2.24, 2.45) is 7.05 Å². The largest absolute Gasteiger partial charge is 0.329 e. The first-order valence-corrected chi connectivity index (χ1v) is 8.92. The van der Waals surface area contributed by atoms with Crippen LogP contribution in [0.4, 0.5) is 4.39 Å². The van der Waals surface area contributed by atoms with E-state index in [1.165, 1.54) is 15.2 Å². The molecular weight excluding hydrogens is 339 g/mol. The highest BCUT2D eigenvalue weighted by atomic mass is 19.1. The fraction of sp³-hybridized carbons (Fsp3) is 0.500. The van der Waals surface area contributed by atoms with Gasteiger partial charge >= 0.3 is 5.69 Å². The topological polar surface area (TPSA) is 85.1 Å². The lowest BCUT2D eigenvalue weighted by molar-refractivity contribution is -0.135. The molecule has 3 heterocycles. The molecule has 7 nitrogen and oxygen atoms in total. The Hall–Kier alpha value is -2.48. The predicted molar refractivity (Wildman–Crippen MR) is 93.4 cm³/mol. The summed E-state index contributed by atoms with van der Waals surface area (Å²) in [5.74, 6) is -1.09. The maximum Gasteiger partial charge on any atom is 0.329 e. The lowest BCUT2D eigenvalue weighted by Gasteiger charge is -2.24. The molecule has 0 aliphatic carbocycles. The normalized spacial score (nSPS) is 22.0. The number of amides is 2. The van der Waals surface area contributed by atoms with E-state index in [2.05, 4.69) is 10.6 Å². The van der Waals surface area contributed by atoms with Gasteiger partial charge in [0.05, 0.1) is 11.0 Å². The van der Waals surface area contributed by atoms with Gasteiger partial charge in [0.25, 0.3) is 0 Å². The Morgan fingerprint density at radius 2 is 1.81 bits per heavy atom. The van der Waals surface area contributed by atoms with E-state index in [0.29, 0.717) is 16.6 Å². The van der Waals surface area contributed by atoms with E-state index in [9.17, 15) is 18.8 Å². The van der Waals surface area contributed by atoms with E-state index in [1.54, 1.807) is 13.1 Å². The molecule has 2 aliphatic rings. The summed E-state index contributed by atoms with van der Waals surface area (Å²) in [6.45, 7) is 1.69. The number of aryl methyl sites for hydroxylation is 1. The molecule has 2 aromatic rings. The van der Waals surface area contributed by atoms with Gasteiger partial charge in [-0.15, -0.1) is 0 Å². The van der Waals surface area contributed by atoms with Crippen LogP contribution in [0.2, 0.25) is 0 Å². The molecule has 138 valence electrons. The first-order chi connectivity index (χ1) is 12.5. The second kappa shape index (κ2) is 6.35. The number of halogens is 1. The van der Waals surface area contributed by atoms with Gasteiger partial charge < -0.3 is 5.32 Å². The fourth-order valence-electron chi connectivity index (χ4n) is 4.07. The van der Waals surface area contributed by atoms with Gasteiger partial charge in [-0.25, -0.2) is 9.18 Å². The molecule has 1 unspecified atom stereocenters. The molecule has 1 aromatic carbocycles. The standard InChI is InChI=1S/C18H21FN4O3/c1-22-14-8-11(10-4-6-20-7-5-10)12(19)9-15(14)23(18(22)26)13-2-3-16(24)21-17(13)25/h8-10,13,20H,2-7H2,1H3,(H,21,24,25). The Kier molecular flexibility index (Phi) is 4.14. The second-order valence-electron chi connectivity index (χ2n) is 7.07. The molecule has 26 heavy (non-hydrogen) atoms. The zero-order valence-electron chi connectivity index (χ0n) is 14.5. The number of piperidine rings is 2. The van der Waals surface area contributed by atoms with Crippen LogP contribution in [-0.4, -0.2) is 34.0 Å². The van der Waals surface area contributed by atoms with Gasteiger partial charge in [-0.1, -0.05) is 0 Å². The molecule has 2 fully saturated rings. The predicted octanol–water partition coefficient (Wildman–Crippen LogP) is 0.924. The Morgan fingerprint density at radius 3 is 2.50 bits per heavy atom. The van der Waals surface area contributed by atoms with Crippen molar-refractivity contribution >= 4 is 22.8 Å². The molecule has 1 atom stereocenters. The van der Waals surface area contributed by atoms with Gasteiger partial charge in [-0.2, -0.15) is 0 Å². The Balaban J connectivity index is 1.84. The van der Waals surface area contributed by atoms with E-state index in [-0.39, 0.29) is 36.2 Å². The highest BCUT2D eigenvalue weighted by Crippen LogP contribution is 2.31. The Labute approximate surface area is 149 Å². The van der Waals surface area contributed by atoms with Crippen molar-refractivity contribution in [2.45, 2.75) is 37.6 Å². The maximum atomic E-state index is 14.9. The maximum absolute atomic E-state index is 14.9. The van der Waals surface area contributed by atoms with E-state index in [1.807, 2.05) is 0 Å². The average molecular weight is 360 g/mol. The molecule has 2 amide bonds. The highest BCUT2D eigenvalue weighted by Gasteiger charge is 2.32. The SMILES string of the molecule is Cn1c(=O)n(C2CCC(=O)NC2=O)c2cc(F)c(C3CCNCC3)cc21. The summed E-state index contributed by atoms with van der Waals surface area (Å²) >= 11 is 0. The lowest BCUT2D eigenvalue weighted by Crippen LogP contribution is -2.44. The van der Waals surface area contributed by atoms with Crippen LogP contribution in [0, 0.1) is 5.82 Å². The van der Waals surface area contributed by atoms with Gasteiger partial charge in [0, 0.05) is 19.5 Å². The van der Waals surface area contributed by atoms with Crippen molar-refractivity contribution in [3.8, 4) is 0 Å². The number of nitrogens with zero attached hydrogens (tertiary/aromatic N) is 2. The quantitative estimate of drug-likeness (QED) is 0.780. The number of hydrogen-bond acceptors (Lipinski definition) is 4. The van der Waals surface area contributed by atoms with Crippen molar-refractivity contribution in [1.29, 1.82) is 0 Å². The minimum Gasteiger partial charge on any atom is -0.317 e. The number of imide groups is 1. The number of benzene rings is 1. The van der Waals surface area contributed by atoms with Gasteiger partial charge in [0.15, 0.2) is 0 Å². The van der Waals surface area contributed by atoms with Crippen molar-refractivity contribution in [2.75, 3.05) is 13.1 Å². The number of fused-ring (bicyclic) bond motifs is 1. The van der Waals surface area contributed by atoms with Gasteiger partial charge in [-0.3, -0.25) is 24.0 Å². The van der Waals surface area contributed by atoms with E-state index < -0.39 is 11.9 Å². The van der Waals surface area contributed by atoms with E-state index in [4.69, 9.17) is 0 Å². The lowest BCUT2D eigenvalue weighted by atomic mass is 9.89. The first kappa shape index (κ1) is 17.0. The number of aromatic nitrogens is 2. The highest BCUT2D eigenvalue weighted by molar-refractivity contribution is 6.00. The van der Waals surface area contributed by atoms with Crippen molar-refractivity contribution in [1.82, 2.24) is 19.8 Å². The summed E-state index contributed by atoms with van der Waals surface area (Å²) in [4.78, 5) is 36.3. The first-order valence-electron chi connectivity index (χ1n) is 8.92. The number of hydrogen-bond donors (Lipinski definition) is 2. The molecule has 0 saturated carbocycles. The second-order valence-corrected chi connectivity index (χ2v) is 7.07. The van der Waals surface area contributed by atoms with Crippen LogP contribution in [0.3, 0.4) is 0 Å². The fourth-order valence-corrected chi connectivity index (χ4v) is 4.07. The number of rotatable bonds is 2. The van der Waals surface area contributed by atoms with Crippen LogP contribution < -0.4 is 16.3 Å². The third kappa shape index (κ3) is 2.65. The summed E-state index contributed by atoms with van der Waals surface area (Å²) in [6, 6.07) is 2.30. The Morgan fingerprint density at radius 1 is 1.08 bits per heavy atom. The van der Waals surface area contributed by atoms with E-state index in [0.717, 1.165) is 25.9 Å². The van der Waals surface area contributed by atoms with Crippen LogP contribution in [0.25, 0.3) is 11.0 Å². The zero-order valence-corrected chi connectivity index (χ0v) is 14.5. The summed E-state index contributed by atoms with van der Waals surface area (Å²) in [6.07, 6.45) is 2.10. The van der Waals surface area contributed by atoms with Gasteiger partial charge in [0.2, 0.25) is 11.8 Å². The van der Waals surface area contributed by atoms with Crippen LogP contribution in [-0.2, 0) is 16.6 Å². The molecule has 2 saturated heterocycles. The summed E-state index contributed by atoms with van der Waals surface area (Å²) in [5, 5.41) is 5.52. The monoisotopic (exact) mass is 360 g/mol. The van der Waals surface area contributed by atoms with Crippen LogP contribution in [0.1, 0.15) is 43.2 Å². The molecule has 2 N–H and O–H groups in total. The van der Waals surface area contributed by atoms with Crippen LogP contribution in [0.5, 0.6) is 0 Å². The molecule has 1 aromatic heterocycles. The number of carbonyl (C=O) groups is 2. The van der Waals surface area contributed by atoms with Crippen molar-refractivity contribution < 1.29 is 14.0 Å². The van der Waals surface area contributed by atoms with Crippen LogP contribution >= 0.6 is 0 Å². The third-order valence-electron chi connectivity index (χ3n) is 5.51. The molecule has 4 rings (SSSR count). The summed E-state index contributed by atoms with van der Waals surface area (Å²) < 4.78 is 17.6. The average Bonchev–Trinajstić information content (AvgIpc) is 2.86. The van der Waals surface area contributed by atoms with Crippen molar-refractivity contribution in [3.05, 3.63) is 34.0 Å². The Bertz CT molecular complexity index is 955. The number of carbonyl (C=O) groups excluding carboxylic acids is 2. The zero-order chi connectivity index (χ0) is 18.4. The summed E-state index contributed by atoms with van der Waals surface area (Å²) in [5.41, 5.74) is 1.24. The molecule has 0 spiro atoms. The molecule has 2 aliphatic heterocycles. The number of imidazole rings is 1. The van der Waals surface area contributed by atoms with Crippen LogP contribution in [0.15, 0.2) is 16.9 Å². The molecule has 0 radical (unpaired) electrons. The minimum atomic E-state index is -0.798.